The number of unbranched alkanes of at least 4 members (excludes halogenated alkanes) is 1. The zero-order valence-corrected chi connectivity index (χ0v) is 19.9. The van der Waals surface area contributed by atoms with Crippen molar-refractivity contribution in [2.24, 2.45) is 5.92 Å². The van der Waals surface area contributed by atoms with E-state index >= 15 is 0 Å². The fourth-order valence-corrected chi connectivity index (χ4v) is 5.85. The highest BCUT2D eigenvalue weighted by atomic mass is 35.5. The van der Waals surface area contributed by atoms with E-state index < -0.39 is 10.0 Å². The van der Waals surface area contributed by atoms with Crippen LogP contribution in [0.15, 0.2) is 42.5 Å². The summed E-state index contributed by atoms with van der Waals surface area (Å²) in [5.41, 5.74) is 2.56. The molecule has 31 heavy (non-hydrogen) atoms. The third kappa shape index (κ3) is 6.69. The van der Waals surface area contributed by atoms with Gasteiger partial charge in [0.15, 0.2) is 0 Å². The molecule has 1 N–H and O–H groups in total. The summed E-state index contributed by atoms with van der Waals surface area (Å²) in [6, 6.07) is 12.8. The Morgan fingerprint density at radius 2 is 1.77 bits per heavy atom. The van der Waals surface area contributed by atoms with Gasteiger partial charge in [-0.05, 0) is 61.1 Å². The predicted octanol–water partition coefficient (Wildman–Crippen LogP) is 5.52. The number of anilines is 1. The smallest absolute Gasteiger partial charge is 0.227 e. The van der Waals surface area contributed by atoms with Gasteiger partial charge >= 0.3 is 0 Å². The van der Waals surface area contributed by atoms with Gasteiger partial charge in [-0.1, -0.05) is 54.7 Å². The molecule has 0 saturated carbocycles. The summed E-state index contributed by atoms with van der Waals surface area (Å²) in [7, 11) is -3.52. The quantitative estimate of drug-likeness (QED) is 0.538. The van der Waals surface area contributed by atoms with E-state index in [1.807, 2.05) is 24.3 Å². The van der Waals surface area contributed by atoms with Crippen LogP contribution in [0.5, 0.6) is 0 Å². The third-order valence-electron chi connectivity index (χ3n) is 5.61. The van der Waals surface area contributed by atoms with Gasteiger partial charge in [-0.15, -0.1) is 0 Å². The van der Waals surface area contributed by atoms with Crippen molar-refractivity contribution in [3.05, 3.63) is 63.6 Å². The van der Waals surface area contributed by atoms with Gasteiger partial charge in [0.1, 0.15) is 0 Å². The molecule has 1 aliphatic rings. The van der Waals surface area contributed by atoms with Crippen molar-refractivity contribution in [3.8, 4) is 0 Å². The minimum Gasteiger partial charge on any atom is -0.326 e. The van der Waals surface area contributed by atoms with Crippen LogP contribution < -0.4 is 5.32 Å². The fourth-order valence-electron chi connectivity index (χ4n) is 3.70. The molecule has 0 unspecified atom stereocenters. The predicted molar refractivity (Wildman–Crippen MR) is 127 cm³/mol. The molecule has 0 bridgehead atoms. The van der Waals surface area contributed by atoms with E-state index in [9.17, 15) is 13.2 Å². The molecule has 5 nitrogen and oxygen atoms in total. The molecule has 0 radical (unpaired) electrons. The number of aryl methyl sites for hydroxylation is 1. The molecule has 1 fully saturated rings. The van der Waals surface area contributed by atoms with Crippen LogP contribution in [0.2, 0.25) is 10.0 Å². The van der Waals surface area contributed by atoms with E-state index in [2.05, 4.69) is 12.2 Å². The maximum absolute atomic E-state index is 12.8. The summed E-state index contributed by atoms with van der Waals surface area (Å²) in [6.45, 7) is 2.81. The molecule has 2 aromatic rings. The molecule has 1 heterocycles. The SMILES string of the molecule is CCCCc1ccc(NC(=O)C2CCN(S(=O)(=O)Cc3ccc(Cl)cc3Cl)CC2)cc1. The molecular formula is C23H28Cl2N2O3S. The summed E-state index contributed by atoms with van der Waals surface area (Å²) in [4.78, 5) is 12.6. The molecule has 8 heteroatoms. The van der Waals surface area contributed by atoms with Crippen LogP contribution in [0, 0.1) is 5.92 Å². The minimum atomic E-state index is -3.52. The number of halogens is 2. The van der Waals surface area contributed by atoms with Gasteiger partial charge in [0, 0.05) is 34.7 Å². The van der Waals surface area contributed by atoms with E-state index in [1.54, 1.807) is 18.2 Å². The van der Waals surface area contributed by atoms with Crippen LogP contribution in [0.4, 0.5) is 5.69 Å². The first-order valence-electron chi connectivity index (χ1n) is 10.6. The average Bonchev–Trinajstić information content (AvgIpc) is 2.75. The highest BCUT2D eigenvalue weighted by Gasteiger charge is 2.31. The number of piperidine rings is 1. The fraction of sp³-hybridized carbons (Fsp3) is 0.435. The molecular weight excluding hydrogens is 455 g/mol. The highest BCUT2D eigenvalue weighted by molar-refractivity contribution is 7.88. The van der Waals surface area contributed by atoms with E-state index in [-0.39, 0.29) is 17.6 Å². The summed E-state index contributed by atoms with van der Waals surface area (Å²) in [5.74, 6) is -0.436. The van der Waals surface area contributed by atoms with Crippen molar-refractivity contribution in [3.63, 3.8) is 0 Å². The lowest BCUT2D eigenvalue weighted by Crippen LogP contribution is -2.41. The number of carbonyl (C=O) groups is 1. The molecule has 2 aromatic carbocycles. The van der Waals surface area contributed by atoms with Crippen molar-refractivity contribution < 1.29 is 13.2 Å². The number of sulfonamides is 1. The first kappa shape index (κ1) is 24.1. The number of amides is 1. The molecule has 0 spiro atoms. The highest BCUT2D eigenvalue weighted by Crippen LogP contribution is 2.27. The number of nitrogens with one attached hydrogen (secondary N) is 1. The second kappa shape index (κ2) is 10.8. The average molecular weight is 483 g/mol. The Hall–Kier alpha value is -1.60. The number of nitrogens with zero attached hydrogens (tertiary/aromatic N) is 1. The van der Waals surface area contributed by atoms with Gasteiger partial charge < -0.3 is 5.32 Å². The van der Waals surface area contributed by atoms with Crippen LogP contribution in [-0.4, -0.2) is 31.7 Å². The largest absolute Gasteiger partial charge is 0.326 e. The maximum Gasteiger partial charge on any atom is 0.227 e. The Morgan fingerprint density at radius 3 is 2.39 bits per heavy atom. The van der Waals surface area contributed by atoms with Gasteiger partial charge in [-0.2, -0.15) is 0 Å². The van der Waals surface area contributed by atoms with Gasteiger partial charge in [0.05, 0.1) is 5.75 Å². The van der Waals surface area contributed by atoms with Crippen LogP contribution in [0.3, 0.4) is 0 Å². The van der Waals surface area contributed by atoms with E-state index in [1.165, 1.54) is 9.87 Å². The molecule has 3 rings (SSSR count). The van der Waals surface area contributed by atoms with Crippen LogP contribution in [-0.2, 0) is 27.0 Å². The monoisotopic (exact) mass is 482 g/mol. The molecule has 1 amide bonds. The Bertz CT molecular complexity index is 1000. The first-order valence-corrected chi connectivity index (χ1v) is 13.0. The van der Waals surface area contributed by atoms with Crippen LogP contribution in [0.1, 0.15) is 43.7 Å². The van der Waals surface area contributed by atoms with Crippen LogP contribution >= 0.6 is 23.2 Å². The lowest BCUT2D eigenvalue weighted by Gasteiger charge is -2.30. The van der Waals surface area contributed by atoms with Gasteiger partial charge in [-0.25, -0.2) is 12.7 Å². The second-order valence-corrected chi connectivity index (χ2v) is 10.8. The van der Waals surface area contributed by atoms with Crippen molar-refractivity contribution >= 4 is 44.8 Å². The van der Waals surface area contributed by atoms with E-state index in [0.717, 1.165) is 24.9 Å². The molecule has 0 aromatic heterocycles. The zero-order chi connectivity index (χ0) is 22.4. The van der Waals surface area contributed by atoms with Gasteiger partial charge in [0.2, 0.25) is 15.9 Å². The van der Waals surface area contributed by atoms with Crippen molar-refractivity contribution in [2.75, 3.05) is 18.4 Å². The normalized spacial score (nSPS) is 15.7. The number of hydrogen-bond donors (Lipinski definition) is 1. The Morgan fingerprint density at radius 1 is 1.10 bits per heavy atom. The van der Waals surface area contributed by atoms with Crippen molar-refractivity contribution in [1.29, 1.82) is 0 Å². The third-order valence-corrected chi connectivity index (χ3v) is 8.03. The van der Waals surface area contributed by atoms with Gasteiger partial charge in [0.25, 0.3) is 0 Å². The summed E-state index contributed by atoms with van der Waals surface area (Å²) < 4.78 is 27.0. The van der Waals surface area contributed by atoms with E-state index in [4.69, 9.17) is 23.2 Å². The Labute approximate surface area is 194 Å². The second-order valence-electron chi connectivity index (χ2n) is 7.96. The summed E-state index contributed by atoms with van der Waals surface area (Å²) in [6.07, 6.45) is 4.33. The topological polar surface area (TPSA) is 66.5 Å². The van der Waals surface area contributed by atoms with Gasteiger partial charge in [-0.3, -0.25) is 4.79 Å². The summed E-state index contributed by atoms with van der Waals surface area (Å²) in [5, 5.41) is 3.77. The Kier molecular flexibility index (Phi) is 8.39. The molecule has 0 atom stereocenters. The lowest BCUT2D eigenvalue weighted by atomic mass is 9.97. The molecule has 1 aliphatic heterocycles. The van der Waals surface area contributed by atoms with E-state index in [0.29, 0.717) is 41.5 Å². The standard InChI is InChI=1S/C23H28Cl2N2O3S/c1-2-3-4-17-5-9-21(10-6-17)26-23(28)18-11-13-27(14-12-18)31(29,30)16-19-7-8-20(24)15-22(19)25/h5-10,15,18H,2-4,11-14,16H2,1H3,(H,26,28). The number of hydrogen-bond acceptors (Lipinski definition) is 3. The van der Waals surface area contributed by atoms with Crippen molar-refractivity contribution in [1.82, 2.24) is 4.31 Å². The lowest BCUT2D eigenvalue weighted by molar-refractivity contribution is -0.120. The molecule has 0 aliphatic carbocycles. The van der Waals surface area contributed by atoms with Crippen LogP contribution in [0.25, 0.3) is 0 Å². The molecule has 1 saturated heterocycles. The minimum absolute atomic E-state index is 0.0564. The molecule has 168 valence electrons. The van der Waals surface area contributed by atoms with Crippen molar-refractivity contribution in [2.45, 2.75) is 44.8 Å². The zero-order valence-electron chi connectivity index (χ0n) is 17.6. The summed E-state index contributed by atoms with van der Waals surface area (Å²) >= 11 is 12.0. The number of benzene rings is 2. The number of rotatable bonds is 8. The first-order chi connectivity index (χ1) is 14.8. The number of carbonyl (C=O) groups excluding carboxylic acids is 1. The Balaban J connectivity index is 1.52. The maximum atomic E-state index is 12.8.